The zero-order valence-electron chi connectivity index (χ0n) is 9.52. The van der Waals surface area contributed by atoms with E-state index in [2.05, 4.69) is 0 Å². The van der Waals surface area contributed by atoms with Gasteiger partial charge in [0, 0.05) is 0 Å². The van der Waals surface area contributed by atoms with E-state index in [9.17, 15) is 0 Å². The molecule has 0 bridgehead atoms. The van der Waals surface area contributed by atoms with E-state index in [-0.39, 0.29) is 0 Å². The van der Waals surface area contributed by atoms with Crippen molar-refractivity contribution in [3.05, 3.63) is 29.8 Å². The van der Waals surface area contributed by atoms with Crippen LogP contribution in [0.1, 0.15) is 37.7 Å². The Kier molecular flexibility index (Phi) is 5.47. The van der Waals surface area contributed by atoms with Crippen LogP contribution in [0.25, 0.3) is 0 Å². The summed E-state index contributed by atoms with van der Waals surface area (Å²) in [6.45, 7) is 0. The first-order valence-electron chi connectivity index (χ1n) is 5.84. The quantitative estimate of drug-likeness (QED) is 0.723. The summed E-state index contributed by atoms with van der Waals surface area (Å²) in [5.74, 6) is 0.930. The van der Waals surface area contributed by atoms with Crippen LogP contribution in [-0.2, 0) is 13.5 Å². The molecule has 2 rings (SSSR count). The number of hydrogen-bond acceptors (Lipinski definition) is 1. The fraction of sp³-hybridized carbons (Fsp3) is 0.462. The van der Waals surface area contributed by atoms with E-state index in [0.717, 1.165) is 24.2 Å². The van der Waals surface area contributed by atoms with Crippen molar-refractivity contribution in [1.82, 2.24) is 0 Å². The van der Waals surface area contributed by atoms with Crippen molar-refractivity contribution < 1.29 is 18.3 Å². The van der Waals surface area contributed by atoms with Gasteiger partial charge in [0.15, 0.2) is 0 Å². The molecule has 1 fully saturated rings. The standard InChI is InChI=1S/C13H16O.2ClH.Ru/c1-11-7-5-6-10-13(11)14-12-8-3-2-4-9-12;;;/h1,5-7,10,12H,2-4,8-9H2;2*1H;/q;;;+2/p-2. The molecule has 0 amide bonds. The zero-order valence-corrected chi connectivity index (χ0v) is 12.8. The molecule has 1 aliphatic carbocycles. The third-order valence-electron chi connectivity index (χ3n) is 2.95. The Morgan fingerprint density at radius 2 is 1.82 bits per heavy atom. The number of para-hydroxylation sites is 1. The van der Waals surface area contributed by atoms with Gasteiger partial charge in [0.1, 0.15) is 0 Å². The molecule has 0 spiro atoms. The van der Waals surface area contributed by atoms with Crippen LogP contribution < -0.4 is 4.74 Å². The second-order valence-electron chi connectivity index (χ2n) is 4.22. The first-order valence-corrected chi connectivity index (χ1v) is 11.3. The van der Waals surface area contributed by atoms with E-state index in [0.29, 0.717) is 6.10 Å². The Morgan fingerprint density at radius 3 is 2.53 bits per heavy atom. The third kappa shape index (κ3) is 4.35. The van der Waals surface area contributed by atoms with Gasteiger partial charge in [-0.15, -0.1) is 0 Å². The molecule has 0 saturated heterocycles. The number of ether oxygens (including phenoxy) is 1. The van der Waals surface area contributed by atoms with Gasteiger partial charge in [0.2, 0.25) is 0 Å². The molecule has 0 heterocycles. The summed E-state index contributed by atoms with van der Waals surface area (Å²) in [5.41, 5.74) is 1.04. The van der Waals surface area contributed by atoms with Gasteiger partial charge in [-0.3, -0.25) is 0 Å². The number of hydrogen-bond donors (Lipinski definition) is 0. The summed E-state index contributed by atoms with van der Waals surface area (Å²) >= 11 is -1.78. The Bertz CT molecular complexity index is 396. The molecule has 0 atom stereocenters. The van der Waals surface area contributed by atoms with Crippen LogP contribution in [0.15, 0.2) is 24.3 Å². The molecule has 0 radical (unpaired) electrons. The third-order valence-corrected chi connectivity index (χ3v) is 4.78. The average molecular weight is 360 g/mol. The summed E-state index contributed by atoms with van der Waals surface area (Å²) < 4.78 is 8.01. The SMILES string of the molecule is [Cl][Ru]([Cl])=[CH]c1ccccc1OC1CCCCC1. The Hall–Kier alpha value is 0.0934. The summed E-state index contributed by atoms with van der Waals surface area (Å²) in [6.07, 6.45) is 6.59. The predicted molar refractivity (Wildman–Crippen MR) is 70.8 cm³/mol. The van der Waals surface area contributed by atoms with E-state index in [1.165, 1.54) is 19.3 Å². The van der Waals surface area contributed by atoms with Gasteiger partial charge in [0.05, 0.1) is 0 Å². The monoisotopic (exact) mass is 360 g/mol. The molecule has 96 valence electrons. The molecule has 1 aliphatic rings. The first kappa shape index (κ1) is 13.5. The second kappa shape index (κ2) is 6.87. The van der Waals surface area contributed by atoms with E-state index >= 15 is 0 Å². The average Bonchev–Trinajstić information content (AvgIpc) is 2.32. The van der Waals surface area contributed by atoms with Crippen LogP contribution in [0.3, 0.4) is 0 Å². The number of benzene rings is 1. The van der Waals surface area contributed by atoms with Crippen molar-refractivity contribution in [2.45, 2.75) is 38.2 Å². The fourth-order valence-corrected chi connectivity index (χ4v) is 3.92. The first-order chi connectivity index (χ1) is 8.25. The minimum atomic E-state index is -1.78. The normalized spacial score (nSPS) is 17.6. The van der Waals surface area contributed by atoms with Crippen molar-refractivity contribution in [1.29, 1.82) is 0 Å². The van der Waals surface area contributed by atoms with Gasteiger partial charge in [0.25, 0.3) is 0 Å². The van der Waals surface area contributed by atoms with Crippen LogP contribution in [0.4, 0.5) is 0 Å². The fourth-order valence-electron chi connectivity index (χ4n) is 2.12. The topological polar surface area (TPSA) is 9.23 Å². The van der Waals surface area contributed by atoms with Crippen molar-refractivity contribution >= 4 is 24.0 Å². The molecule has 1 nitrogen and oxygen atoms in total. The zero-order chi connectivity index (χ0) is 12.1. The van der Waals surface area contributed by atoms with Gasteiger partial charge in [-0.2, -0.15) is 0 Å². The molecular formula is C13H16Cl2ORu. The van der Waals surface area contributed by atoms with Crippen LogP contribution >= 0.6 is 19.4 Å². The number of halogens is 2. The molecule has 17 heavy (non-hydrogen) atoms. The van der Waals surface area contributed by atoms with E-state index in [1.807, 2.05) is 28.9 Å². The van der Waals surface area contributed by atoms with E-state index in [1.54, 1.807) is 0 Å². The van der Waals surface area contributed by atoms with Crippen LogP contribution in [0.2, 0.25) is 0 Å². The summed E-state index contributed by atoms with van der Waals surface area (Å²) in [4.78, 5) is 0. The summed E-state index contributed by atoms with van der Waals surface area (Å²) in [6, 6.07) is 8.01. The molecule has 0 aliphatic heterocycles. The second-order valence-corrected chi connectivity index (χ2v) is 9.95. The molecule has 1 aromatic rings. The van der Waals surface area contributed by atoms with Crippen LogP contribution in [0.5, 0.6) is 5.75 Å². The number of rotatable bonds is 3. The maximum atomic E-state index is 6.06. The van der Waals surface area contributed by atoms with Crippen molar-refractivity contribution in [3.63, 3.8) is 0 Å². The Labute approximate surface area is 116 Å². The molecule has 0 aromatic heterocycles. The summed E-state index contributed by atoms with van der Waals surface area (Å²) in [5, 5.41) is 0. The molecule has 1 saturated carbocycles. The molecule has 4 heteroatoms. The van der Waals surface area contributed by atoms with E-state index in [4.69, 9.17) is 24.1 Å². The predicted octanol–water partition coefficient (Wildman–Crippen LogP) is 4.47. The van der Waals surface area contributed by atoms with Gasteiger partial charge in [-0.25, -0.2) is 0 Å². The van der Waals surface area contributed by atoms with E-state index < -0.39 is 13.5 Å². The van der Waals surface area contributed by atoms with Gasteiger partial charge in [-0.1, -0.05) is 0 Å². The maximum absolute atomic E-state index is 6.06. The van der Waals surface area contributed by atoms with Crippen molar-refractivity contribution in [2.75, 3.05) is 0 Å². The minimum absolute atomic E-state index is 0.365. The molecule has 0 N–H and O–H groups in total. The Morgan fingerprint density at radius 1 is 1.12 bits per heavy atom. The Balaban J connectivity index is 2.11. The molecule has 1 aromatic carbocycles. The van der Waals surface area contributed by atoms with Gasteiger partial charge >= 0.3 is 116 Å². The summed E-state index contributed by atoms with van der Waals surface area (Å²) in [7, 11) is 11.8. The van der Waals surface area contributed by atoms with Gasteiger partial charge in [-0.05, 0) is 0 Å². The van der Waals surface area contributed by atoms with Gasteiger partial charge < -0.3 is 0 Å². The van der Waals surface area contributed by atoms with Crippen molar-refractivity contribution in [2.24, 2.45) is 0 Å². The van der Waals surface area contributed by atoms with Crippen molar-refractivity contribution in [3.8, 4) is 5.75 Å². The molecular weight excluding hydrogens is 344 g/mol. The molecule has 0 unspecified atom stereocenters. The van der Waals surface area contributed by atoms with Crippen LogP contribution in [-0.4, -0.2) is 10.7 Å². The van der Waals surface area contributed by atoms with Crippen LogP contribution in [0, 0.1) is 0 Å².